The molecule has 2 aromatic rings. The van der Waals surface area contributed by atoms with Crippen LogP contribution in [0, 0.1) is 4.91 Å². The van der Waals surface area contributed by atoms with E-state index in [4.69, 9.17) is 4.74 Å². The molecule has 0 atom stereocenters. The van der Waals surface area contributed by atoms with E-state index < -0.39 is 0 Å². The molecule has 112 valence electrons. The molecule has 0 unspecified atom stereocenters. The average Bonchev–Trinajstić information content (AvgIpc) is 2.39. The summed E-state index contributed by atoms with van der Waals surface area (Å²) < 4.78 is 6.44. The summed E-state index contributed by atoms with van der Waals surface area (Å²) in [6, 6.07) is 5.22. The van der Waals surface area contributed by atoms with Gasteiger partial charge >= 0.3 is 11.5 Å². The molecule has 0 aliphatic carbocycles. The highest BCUT2D eigenvalue weighted by molar-refractivity contribution is 9.10. The Kier molecular flexibility index (Phi) is 4.89. The Labute approximate surface area is 129 Å². The lowest BCUT2D eigenvalue weighted by atomic mass is 10.3. The number of hydrogen-bond donors (Lipinski definition) is 2. The summed E-state index contributed by atoms with van der Waals surface area (Å²) in [5.41, 5.74) is 0.980. The van der Waals surface area contributed by atoms with Crippen molar-refractivity contribution in [1.82, 2.24) is 10.1 Å². The van der Waals surface area contributed by atoms with Crippen LogP contribution in [0.4, 0.5) is 5.95 Å². The number of carbonyl (C=O) groups is 1. The lowest BCUT2D eigenvalue weighted by molar-refractivity contribution is -0.535. The van der Waals surface area contributed by atoms with Crippen LogP contribution in [0.25, 0.3) is 11.0 Å². The first-order chi connectivity index (χ1) is 9.95. The second-order valence-corrected chi connectivity index (χ2v) is 5.63. The van der Waals surface area contributed by atoms with E-state index in [1.165, 1.54) is 0 Å². The van der Waals surface area contributed by atoms with Crippen LogP contribution in [0.2, 0.25) is 0 Å². The third kappa shape index (κ3) is 4.25. The predicted octanol–water partition coefficient (Wildman–Crippen LogP) is 1.99. The van der Waals surface area contributed by atoms with E-state index in [2.05, 4.69) is 31.3 Å². The molecule has 0 bridgehead atoms. The van der Waals surface area contributed by atoms with Crippen LogP contribution >= 0.6 is 15.9 Å². The highest BCUT2D eigenvalue weighted by Gasteiger charge is 2.12. The number of esters is 1. The number of nitrogens with one attached hydrogen (secondary N) is 2. The smallest absolute Gasteiger partial charge is 0.319 e. The highest BCUT2D eigenvalue weighted by atomic mass is 79.9. The van der Waals surface area contributed by atoms with Gasteiger partial charge in [-0.25, -0.2) is 4.98 Å². The number of halogens is 1. The summed E-state index contributed by atoms with van der Waals surface area (Å²) in [4.78, 5) is 27.5. The van der Waals surface area contributed by atoms with Gasteiger partial charge in [-0.1, -0.05) is 21.0 Å². The molecule has 0 saturated carbocycles. The number of rotatable bonds is 5. The van der Waals surface area contributed by atoms with Gasteiger partial charge in [0.05, 0.1) is 17.4 Å². The molecule has 0 saturated heterocycles. The van der Waals surface area contributed by atoms with Crippen molar-refractivity contribution in [2.45, 2.75) is 26.4 Å². The second-order valence-electron chi connectivity index (χ2n) is 4.72. The van der Waals surface area contributed by atoms with E-state index in [0.29, 0.717) is 28.1 Å². The molecular weight excluding hydrogens is 340 g/mol. The Balaban J connectivity index is 2.05. The van der Waals surface area contributed by atoms with Crippen molar-refractivity contribution < 1.29 is 14.1 Å². The molecule has 8 heteroatoms. The normalized spacial score (nSPS) is 10.9. The van der Waals surface area contributed by atoms with Crippen LogP contribution in [0.15, 0.2) is 22.7 Å². The van der Waals surface area contributed by atoms with Crippen molar-refractivity contribution in [2.75, 3.05) is 11.9 Å². The van der Waals surface area contributed by atoms with Crippen molar-refractivity contribution in [2.24, 2.45) is 0 Å². The Morgan fingerprint density at radius 2 is 2.29 bits per heavy atom. The fourth-order valence-corrected chi connectivity index (χ4v) is 2.09. The van der Waals surface area contributed by atoms with E-state index in [9.17, 15) is 9.70 Å². The zero-order chi connectivity index (χ0) is 15.4. The maximum Gasteiger partial charge on any atom is 0.319 e. The summed E-state index contributed by atoms with van der Waals surface area (Å²) in [5, 5.41) is 5.45. The third-order valence-electron chi connectivity index (χ3n) is 2.58. The summed E-state index contributed by atoms with van der Waals surface area (Å²) in [6.07, 6.45) is 0.0652. The molecule has 1 heterocycles. The lowest BCUT2D eigenvalue weighted by Gasteiger charge is -2.07. The van der Waals surface area contributed by atoms with Gasteiger partial charge in [0.1, 0.15) is 5.52 Å². The van der Waals surface area contributed by atoms with Gasteiger partial charge in [0.2, 0.25) is 0 Å². The Hall–Kier alpha value is -1.96. The maximum absolute atomic E-state index is 11.9. The van der Waals surface area contributed by atoms with Crippen molar-refractivity contribution in [3.63, 3.8) is 0 Å². The number of nitrogens with zero attached hydrogens (tertiary/aromatic N) is 2. The van der Waals surface area contributed by atoms with Crippen LogP contribution < -0.4 is 9.86 Å². The van der Waals surface area contributed by atoms with Gasteiger partial charge in [-0.2, -0.15) is 0 Å². The first kappa shape index (κ1) is 15.4. The zero-order valence-electron chi connectivity index (χ0n) is 11.7. The summed E-state index contributed by atoms with van der Waals surface area (Å²) in [7, 11) is 0. The van der Waals surface area contributed by atoms with Crippen LogP contribution in [0.5, 0.6) is 0 Å². The van der Waals surface area contributed by atoms with Crippen molar-refractivity contribution in [3.05, 3.63) is 27.6 Å². The minimum absolute atomic E-state index is 0.134. The molecular formula is C13H16BrN4O3+. The Bertz CT molecular complexity index is 714. The molecule has 2 rings (SSSR count). The fourth-order valence-electron chi connectivity index (χ4n) is 1.74. The monoisotopic (exact) mass is 355 g/mol. The zero-order valence-corrected chi connectivity index (χ0v) is 13.3. The van der Waals surface area contributed by atoms with Crippen LogP contribution in [-0.4, -0.2) is 28.7 Å². The lowest BCUT2D eigenvalue weighted by Crippen LogP contribution is -2.24. The molecule has 0 spiro atoms. The number of aromatic nitrogens is 3. The van der Waals surface area contributed by atoms with Crippen molar-refractivity contribution in [1.29, 1.82) is 0 Å². The van der Waals surface area contributed by atoms with Gasteiger partial charge in [0.15, 0.2) is 4.54 Å². The summed E-state index contributed by atoms with van der Waals surface area (Å²) in [5.74, 6) is 0.00869. The maximum atomic E-state index is 11.9. The predicted molar refractivity (Wildman–Crippen MR) is 81.5 cm³/mol. The molecule has 1 aromatic heterocycles. The van der Waals surface area contributed by atoms with Gasteiger partial charge < -0.3 is 10.1 Å². The fraction of sp³-hybridized carbons (Fsp3) is 0.385. The van der Waals surface area contributed by atoms with Gasteiger partial charge in [0.25, 0.3) is 5.95 Å². The van der Waals surface area contributed by atoms with E-state index in [0.717, 1.165) is 4.47 Å². The van der Waals surface area contributed by atoms with Gasteiger partial charge in [-0.05, 0) is 26.0 Å². The largest absolute Gasteiger partial charge is 0.463 e. The van der Waals surface area contributed by atoms with Crippen LogP contribution in [-0.2, 0) is 9.53 Å². The highest BCUT2D eigenvalue weighted by Crippen LogP contribution is 2.15. The third-order valence-corrected chi connectivity index (χ3v) is 3.08. The molecule has 0 amide bonds. The average molecular weight is 356 g/mol. The quantitative estimate of drug-likeness (QED) is 0.632. The van der Waals surface area contributed by atoms with Gasteiger partial charge in [-0.15, -0.1) is 0 Å². The van der Waals surface area contributed by atoms with Crippen molar-refractivity contribution >= 4 is 38.9 Å². The Morgan fingerprint density at radius 1 is 1.52 bits per heavy atom. The molecule has 2 N–H and O–H groups in total. The first-order valence-corrected chi connectivity index (χ1v) is 7.30. The van der Waals surface area contributed by atoms with E-state index in [1.54, 1.807) is 32.0 Å². The SMILES string of the molecule is CC(C)OC(=O)CCNc1nc2ccc(Br)cc2[n+](=O)[nH]1. The number of carbonyl (C=O) groups excluding carboxylic acids is 1. The molecule has 0 fully saturated rings. The van der Waals surface area contributed by atoms with Crippen LogP contribution in [0.3, 0.4) is 0 Å². The number of benzene rings is 1. The van der Waals surface area contributed by atoms with Crippen molar-refractivity contribution in [3.8, 4) is 0 Å². The summed E-state index contributed by atoms with van der Waals surface area (Å²) in [6.45, 7) is 3.92. The molecule has 0 radical (unpaired) electrons. The van der Waals surface area contributed by atoms with Gasteiger partial charge in [-0.3, -0.25) is 4.79 Å². The second kappa shape index (κ2) is 6.66. The molecule has 1 aromatic carbocycles. The number of hydrogen-bond acceptors (Lipinski definition) is 5. The topological polar surface area (TPSA) is 90.0 Å². The molecule has 21 heavy (non-hydrogen) atoms. The molecule has 7 nitrogen and oxygen atoms in total. The summed E-state index contributed by atoms with van der Waals surface area (Å²) >= 11 is 3.30. The number of aromatic amines is 1. The van der Waals surface area contributed by atoms with Crippen LogP contribution in [0.1, 0.15) is 20.3 Å². The Morgan fingerprint density at radius 3 is 3.00 bits per heavy atom. The van der Waals surface area contributed by atoms with Gasteiger partial charge in [0, 0.05) is 17.1 Å². The number of H-pyrrole nitrogens is 1. The molecule has 0 aliphatic rings. The van der Waals surface area contributed by atoms with E-state index in [-0.39, 0.29) is 18.5 Å². The minimum atomic E-state index is -0.294. The van der Waals surface area contributed by atoms with E-state index in [1.807, 2.05) is 0 Å². The van der Waals surface area contributed by atoms with E-state index >= 15 is 0 Å². The number of ether oxygens (including phenoxy) is 1. The minimum Gasteiger partial charge on any atom is -0.463 e. The first-order valence-electron chi connectivity index (χ1n) is 6.51. The standard InChI is InChI=1S/C13H16BrN4O3/c1-8(2)21-12(19)5-6-15-13-16-10-4-3-9(14)7-11(10)18(20)17-13/h3-4,7-8H,5-6H2,1-2H3,(H2,15,16,17,20)/q+1. The number of anilines is 1. The molecule has 0 aliphatic heterocycles. The number of fused-ring (bicyclic) bond motifs is 1.